The molecule has 4 heteroatoms. The average molecular weight is 509 g/mol. The summed E-state index contributed by atoms with van der Waals surface area (Å²) in [6.07, 6.45) is 3.11. The maximum atomic E-state index is 10.8. The number of aromatic hydroxyl groups is 1. The Bertz CT molecular complexity index is 1320. The molecule has 1 unspecified atom stereocenters. The SMILES string of the molecule is COc1ccc(C2CCCc3cc(O[Si](c4ccccc4)(c4ccccc4)C(C)(C)C)ccc32)c(O)c1. The van der Waals surface area contributed by atoms with E-state index in [9.17, 15) is 5.11 Å². The average Bonchev–Trinajstić information content (AvgIpc) is 2.91. The van der Waals surface area contributed by atoms with Crippen molar-refractivity contribution in [3.8, 4) is 17.2 Å². The van der Waals surface area contributed by atoms with Gasteiger partial charge in [-0.25, -0.2) is 0 Å². The van der Waals surface area contributed by atoms with Gasteiger partial charge in [-0.3, -0.25) is 0 Å². The van der Waals surface area contributed by atoms with E-state index >= 15 is 0 Å². The first-order valence-corrected chi connectivity index (χ1v) is 15.0. The lowest BCUT2D eigenvalue weighted by Gasteiger charge is -2.43. The van der Waals surface area contributed by atoms with Gasteiger partial charge in [0.2, 0.25) is 0 Å². The number of fused-ring (bicyclic) bond motifs is 1. The standard InChI is InChI=1S/C33H36O3Si/c1-33(2,3)37(27-13-7-5-8-14-27,28-15-9-6-10-16-28)36-26-19-20-29-24(22-26)12-11-17-30(29)31-21-18-25(35-4)23-32(31)34/h5-10,13-16,18-23,30,34H,11-12,17H2,1-4H3. The van der Waals surface area contributed by atoms with E-state index in [1.807, 2.05) is 12.1 Å². The van der Waals surface area contributed by atoms with Crippen molar-refractivity contribution < 1.29 is 14.3 Å². The molecule has 4 aromatic carbocycles. The van der Waals surface area contributed by atoms with Crippen LogP contribution in [0, 0.1) is 0 Å². The minimum atomic E-state index is -2.69. The molecule has 0 saturated heterocycles. The van der Waals surface area contributed by atoms with Crippen molar-refractivity contribution >= 4 is 18.7 Å². The highest BCUT2D eigenvalue weighted by Gasteiger charge is 2.52. The van der Waals surface area contributed by atoms with Crippen LogP contribution in [0.15, 0.2) is 97.1 Å². The molecule has 4 aromatic rings. The van der Waals surface area contributed by atoms with Gasteiger partial charge in [-0.1, -0.05) is 93.6 Å². The van der Waals surface area contributed by atoms with E-state index in [2.05, 4.69) is 99.6 Å². The third-order valence-electron chi connectivity index (χ3n) is 7.73. The molecule has 190 valence electrons. The molecular formula is C33H36O3Si. The van der Waals surface area contributed by atoms with Gasteiger partial charge in [-0.2, -0.15) is 0 Å². The lowest BCUT2D eigenvalue weighted by molar-refractivity contribution is 0.405. The third kappa shape index (κ3) is 4.66. The first-order valence-electron chi connectivity index (χ1n) is 13.1. The van der Waals surface area contributed by atoms with E-state index < -0.39 is 8.32 Å². The summed E-state index contributed by atoms with van der Waals surface area (Å²) in [6, 6.07) is 33.8. The molecule has 0 radical (unpaired) electrons. The summed E-state index contributed by atoms with van der Waals surface area (Å²) in [4.78, 5) is 0. The van der Waals surface area contributed by atoms with Gasteiger partial charge in [0.25, 0.3) is 0 Å². The van der Waals surface area contributed by atoms with Crippen LogP contribution in [0.5, 0.6) is 17.2 Å². The molecule has 37 heavy (non-hydrogen) atoms. The highest BCUT2D eigenvalue weighted by atomic mass is 28.4. The quantitative estimate of drug-likeness (QED) is 0.291. The summed E-state index contributed by atoms with van der Waals surface area (Å²) in [5.74, 6) is 2.06. The Labute approximate surface area is 221 Å². The predicted octanol–water partition coefficient (Wildman–Crippen LogP) is 6.81. The van der Waals surface area contributed by atoms with Crippen LogP contribution in [0.4, 0.5) is 0 Å². The van der Waals surface area contributed by atoms with Crippen LogP contribution in [0.2, 0.25) is 5.04 Å². The summed E-state index contributed by atoms with van der Waals surface area (Å²) in [5, 5.41) is 13.2. The molecule has 0 amide bonds. The van der Waals surface area contributed by atoms with Crippen LogP contribution in [-0.2, 0) is 6.42 Å². The van der Waals surface area contributed by atoms with Gasteiger partial charge in [0.15, 0.2) is 0 Å². The fourth-order valence-electron chi connectivity index (χ4n) is 5.95. The van der Waals surface area contributed by atoms with Crippen molar-refractivity contribution in [3.05, 3.63) is 114 Å². The first-order chi connectivity index (χ1) is 17.8. The molecule has 0 aromatic heterocycles. The molecule has 1 N–H and O–H groups in total. The van der Waals surface area contributed by atoms with Crippen molar-refractivity contribution in [1.29, 1.82) is 0 Å². The van der Waals surface area contributed by atoms with Crippen molar-refractivity contribution in [3.63, 3.8) is 0 Å². The van der Waals surface area contributed by atoms with Gasteiger partial charge >= 0.3 is 8.32 Å². The molecular weight excluding hydrogens is 472 g/mol. The minimum Gasteiger partial charge on any atom is -0.534 e. The molecule has 0 aliphatic heterocycles. The topological polar surface area (TPSA) is 38.7 Å². The van der Waals surface area contributed by atoms with Gasteiger partial charge in [-0.05, 0) is 64.0 Å². The predicted molar refractivity (Wildman–Crippen MR) is 154 cm³/mol. The van der Waals surface area contributed by atoms with Gasteiger partial charge in [0.1, 0.15) is 17.2 Å². The fourth-order valence-corrected chi connectivity index (χ4v) is 10.4. The Morgan fingerprint density at radius 2 is 1.35 bits per heavy atom. The number of phenolic OH excluding ortho intramolecular Hbond substituents is 1. The van der Waals surface area contributed by atoms with Crippen molar-refractivity contribution in [2.24, 2.45) is 0 Å². The van der Waals surface area contributed by atoms with Gasteiger partial charge in [0.05, 0.1) is 7.11 Å². The van der Waals surface area contributed by atoms with Crippen molar-refractivity contribution in [2.75, 3.05) is 7.11 Å². The normalized spacial score (nSPS) is 15.6. The van der Waals surface area contributed by atoms with E-state index in [4.69, 9.17) is 9.16 Å². The van der Waals surface area contributed by atoms with E-state index in [1.54, 1.807) is 13.2 Å². The molecule has 1 aliphatic rings. The monoisotopic (exact) mass is 508 g/mol. The molecule has 0 bridgehead atoms. The molecule has 0 heterocycles. The molecule has 1 aliphatic carbocycles. The second-order valence-electron chi connectivity index (χ2n) is 11.0. The minimum absolute atomic E-state index is 0.0942. The van der Waals surface area contributed by atoms with Crippen molar-refractivity contribution in [2.45, 2.75) is 51.0 Å². The van der Waals surface area contributed by atoms with Gasteiger partial charge in [-0.15, -0.1) is 0 Å². The summed E-state index contributed by atoms with van der Waals surface area (Å²) in [7, 11) is -1.07. The number of benzene rings is 4. The second kappa shape index (κ2) is 10.1. The van der Waals surface area contributed by atoms with Crippen LogP contribution in [-0.4, -0.2) is 20.5 Å². The number of hydrogen-bond donors (Lipinski definition) is 1. The number of methoxy groups -OCH3 is 1. The van der Waals surface area contributed by atoms with E-state index in [1.165, 1.54) is 21.5 Å². The molecule has 0 saturated carbocycles. The van der Waals surface area contributed by atoms with Crippen LogP contribution in [0.3, 0.4) is 0 Å². The van der Waals surface area contributed by atoms with Crippen LogP contribution < -0.4 is 19.5 Å². The summed E-state index contributed by atoms with van der Waals surface area (Å²) < 4.78 is 12.6. The molecule has 3 nitrogen and oxygen atoms in total. The highest BCUT2D eigenvalue weighted by Crippen LogP contribution is 2.43. The van der Waals surface area contributed by atoms with Crippen LogP contribution >= 0.6 is 0 Å². The Morgan fingerprint density at radius 1 is 0.757 bits per heavy atom. The zero-order valence-electron chi connectivity index (χ0n) is 22.2. The van der Waals surface area contributed by atoms with Gasteiger partial charge in [0, 0.05) is 17.5 Å². The third-order valence-corrected chi connectivity index (χ3v) is 12.7. The zero-order valence-corrected chi connectivity index (χ0v) is 23.2. The van der Waals surface area contributed by atoms with E-state index in [0.29, 0.717) is 11.5 Å². The van der Waals surface area contributed by atoms with E-state index in [0.717, 1.165) is 30.6 Å². The number of ether oxygens (including phenoxy) is 1. The summed E-state index contributed by atoms with van der Waals surface area (Å²) in [5.41, 5.74) is 3.55. The summed E-state index contributed by atoms with van der Waals surface area (Å²) >= 11 is 0. The zero-order chi connectivity index (χ0) is 26.0. The first kappa shape index (κ1) is 25.2. The molecule has 0 spiro atoms. The fraction of sp³-hybridized carbons (Fsp3) is 0.273. The largest absolute Gasteiger partial charge is 0.534 e. The second-order valence-corrected chi connectivity index (χ2v) is 15.2. The maximum absolute atomic E-state index is 10.8. The molecule has 5 rings (SSSR count). The Kier molecular flexibility index (Phi) is 6.87. The van der Waals surface area contributed by atoms with Gasteiger partial charge < -0.3 is 14.3 Å². The summed E-state index contributed by atoms with van der Waals surface area (Å²) in [6.45, 7) is 6.92. The van der Waals surface area contributed by atoms with Crippen LogP contribution in [0.25, 0.3) is 0 Å². The number of aryl methyl sites for hydroxylation is 1. The number of phenols is 1. The lowest BCUT2D eigenvalue weighted by Crippen LogP contribution is -2.68. The Morgan fingerprint density at radius 3 is 1.92 bits per heavy atom. The van der Waals surface area contributed by atoms with Crippen molar-refractivity contribution in [1.82, 2.24) is 0 Å². The van der Waals surface area contributed by atoms with Crippen LogP contribution in [0.1, 0.15) is 56.2 Å². The highest BCUT2D eigenvalue weighted by molar-refractivity contribution is 7.00. The Hall–Kier alpha value is -3.50. The molecule has 1 atom stereocenters. The number of hydrogen-bond acceptors (Lipinski definition) is 3. The Balaban J connectivity index is 1.58. The molecule has 0 fully saturated rings. The maximum Gasteiger partial charge on any atom is 0.319 e. The smallest absolute Gasteiger partial charge is 0.319 e. The number of rotatable bonds is 6. The lowest BCUT2D eigenvalue weighted by atomic mass is 9.78. The van der Waals surface area contributed by atoms with E-state index in [-0.39, 0.29) is 11.0 Å².